The molecule has 3 rings (SSSR count). The summed E-state index contributed by atoms with van der Waals surface area (Å²) in [5, 5.41) is 9.00. The van der Waals surface area contributed by atoms with Crippen LogP contribution in [0.3, 0.4) is 0 Å². The van der Waals surface area contributed by atoms with E-state index in [1.807, 2.05) is 24.3 Å². The van der Waals surface area contributed by atoms with E-state index in [0.29, 0.717) is 25.8 Å². The van der Waals surface area contributed by atoms with Gasteiger partial charge in [0.05, 0.1) is 5.92 Å². The Morgan fingerprint density at radius 2 is 2.00 bits per heavy atom. The molecule has 116 valence electrons. The van der Waals surface area contributed by atoms with E-state index in [1.54, 1.807) is 4.90 Å². The van der Waals surface area contributed by atoms with E-state index in [0.717, 1.165) is 11.3 Å². The Morgan fingerprint density at radius 3 is 2.73 bits per heavy atom. The van der Waals surface area contributed by atoms with Gasteiger partial charge in [-0.25, -0.2) is 0 Å². The maximum absolute atomic E-state index is 12.4. The summed E-state index contributed by atoms with van der Waals surface area (Å²) in [6, 6.07) is 7.59. The fourth-order valence-electron chi connectivity index (χ4n) is 3.09. The van der Waals surface area contributed by atoms with E-state index in [-0.39, 0.29) is 24.9 Å². The highest BCUT2D eigenvalue weighted by Crippen LogP contribution is 2.27. The van der Waals surface area contributed by atoms with Gasteiger partial charge >= 0.3 is 5.97 Å². The van der Waals surface area contributed by atoms with Crippen molar-refractivity contribution in [2.75, 3.05) is 24.5 Å². The number of carboxylic acid groups (broad SMARTS) is 1. The average Bonchev–Trinajstić information content (AvgIpc) is 3.00. The number of likely N-dealkylation sites (tertiary alicyclic amines) is 1. The molecule has 0 saturated carbocycles. The molecule has 2 heterocycles. The normalized spacial score (nSPS) is 20.9. The predicted molar refractivity (Wildman–Crippen MR) is 79.4 cm³/mol. The van der Waals surface area contributed by atoms with Crippen LogP contribution < -0.4 is 4.90 Å². The molecule has 6 heteroatoms. The molecule has 2 amide bonds. The molecule has 1 aromatic carbocycles. The largest absolute Gasteiger partial charge is 0.481 e. The van der Waals surface area contributed by atoms with Gasteiger partial charge < -0.3 is 14.9 Å². The molecule has 0 aliphatic carbocycles. The van der Waals surface area contributed by atoms with Gasteiger partial charge in [-0.1, -0.05) is 18.2 Å². The van der Waals surface area contributed by atoms with Crippen molar-refractivity contribution in [1.82, 2.24) is 4.90 Å². The Balaban J connectivity index is 1.72. The highest BCUT2D eigenvalue weighted by molar-refractivity contribution is 6.01. The lowest BCUT2D eigenvalue weighted by atomic mass is 10.0. The molecule has 2 aliphatic heterocycles. The SMILES string of the molecule is O=C(O)C1CCN(C(=O)CN2C(=O)CCc3ccccc32)C1. The van der Waals surface area contributed by atoms with Crippen molar-refractivity contribution in [3.05, 3.63) is 29.8 Å². The van der Waals surface area contributed by atoms with Crippen LogP contribution in [0.1, 0.15) is 18.4 Å². The van der Waals surface area contributed by atoms with Crippen molar-refractivity contribution >= 4 is 23.5 Å². The number of hydrogen-bond acceptors (Lipinski definition) is 3. The lowest BCUT2D eigenvalue weighted by Gasteiger charge is -2.30. The molecule has 2 aliphatic rings. The van der Waals surface area contributed by atoms with Crippen LogP contribution in [0.2, 0.25) is 0 Å². The Hall–Kier alpha value is -2.37. The molecule has 1 unspecified atom stereocenters. The van der Waals surface area contributed by atoms with Crippen molar-refractivity contribution in [2.24, 2.45) is 5.92 Å². The fraction of sp³-hybridized carbons (Fsp3) is 0.438. The van der Waals surface area contributed by atoms with E-state index in [1.165, 1.54) is 4.90 Å². The number of hydrogen-bond donors (Lipinski definition) is 1. The zero-order chi connectivity index (χ0) is 15.7. The van der Waals surface area contributed by atoms with Gasteiger partial charge in [-0.05, 0) is 24.5 Å². The lowest BCUT2D eigenvalue weighted by molar-refractivity contribution is -0.141. The molecule has 6 nitrogen and oxygen atoms in total. The van der Waals surface area contributed by atoms with Gasteiger partial charge in [-0.2, -0.15) is 0 Å². The molecule has 1 atom stereocenters. The van der Waals surface area contributed by atoms with Crippen LogP contribution in [-0.4, -0.2) is 47.4 Å². The molecule has 1 fully saturated rings. The second-order valence-electron chi connectivity index (χ2n) is 5.77. The minimum atomic E-state index is -0.866. The number of benzene rings is 1. The number of fused-ring (bicyclic) bond motifs is 1. The van der Waals surface area contributed by atoms with Gasteiger partial charge in [0.15, 0.2) is 0 Å². The maximum atomic E-state index is 12.4. The first kappa shape index (κ1) is 14.6. The molecule has 22 heavy (non-hydrogen) atoms. The lowest BCUT2D eigenvalue weighted by Crippen LogP contribution is -2.44. The summed E-state index contributed by atoms with van der Waals surface area (Å²) in [6.07, 6.45) is 1.58. The molecule has 1 saturated heterocycles. The van der Waals surface area contributed by atoms with E-state index in [4.69, 9.17) is 5.11 Å². The topological polar surface area (TPSA) is 77.9 Å². The van der Waals surface area contributed by atoms with Crippen LogP contribution in [0.4, 0.5) is 5.69 Å². The van der Waals surface area contributed by atoms with Crippen LogP contribution in [-0.2, 0) is 20.8 Å². The molecule has 1 N–H and O–H groups in total. The number of aliphatic carboxylic acids is 1. The van der Waals surface area contributed by atoms with Gasteiger partial charge in [0.25, 0.3) is 0 Å². The molecule has 0 bridgehead atoms. The number of carboxylic acids is 1. The standard InChI is InChI=1S/C16H18N2O4/c19-14-6-5-11-3-1-2-4-13(11)18(14)10-15(20)17-8-7-12(9-17)16(21)22/h1-4,12H,5-10H2,(H,21,22). The van der Waals surface area contributed by atoms with Crippen LogP contribution in [0.5, 0.6) is 0 Å². The van der Waals surface area contributed by atoms with Crippen molar-refractivity contribution in [3.63, 3.8) is 0 Å². The summed E-state index contributed by atoms with van der Waals surface area (Å²) in [4.78, 5) is 38.6. The zero-order valence-electron chi connectivity index (χ0n) is 12.2. The first-order chi connectivity index (χ1) is 10.6. The number of carbonyl (C=O) groups is 3. The van der Waals surface area contributed by atoms with Gasteiger partial charge in [0.1, 0.15) is 6.54 Å². The van der Waals surface area contributed by atoms with Crippen molar-refractivity contribution in [2.45, 2.75) is 19.3 Å². The molecule has 0 spiro atoms. The fourth-order valence-corrected chi connectivity index (χ4v) is 3.09. The first-order valence-electron chi connectivity index (χ1n) is 7.45. The second-order valence-corrected chi connectivity index (χ2v) is 5.77. The molecular formula is C16H18N2O4. The Labute approximate surface area is 128 Å². The number of carbonyl (C=O) groups excluding carboxylic acids is 2. The van der Waals surface area contributed by atoms with Crippen molar-refractivity contribution in [1.29, 1.82) is 0 Å². The van der Waals surface area contributed by atoms with E-state index in [9.17, 15) is 14.4 Å². The Bertz CT molecular complexity index is 628. The number of rotatable bonds is 3. The summed E-state index contributed by atoms with van der Waals surface area (Å²) in [7, 11) is 0. The van der Waals surface area contributed by atoms with Crippen LogP contribution in [0.25, 0.3) is 0 Å². The first-order valence-corrected chi connectivity index (χ1v) is 7.45. The van der Waals surface area contributed by atoms with E-state index in [2.05, 4.69) is 0 Å². The monoisotopic (exact) mass is 302 g/mol. The van der Waals surface area contributed by atoms with Gasteiger partial charge in [-0.15, -0.1) is 0 Å². The average molecular weight is 302 g/mol. The number of nitrogens with zero attached hydrogens (tertiary/aromatic N) is 2. The summed E-state index contributed by atoms with van der Waals surface area (Å²) in [5.41, 5.74) is 1.86. The molecule has 1 aromatic rings. The number of amides is 2. The third-order valence-electron chi connectivity index (χ3n) is 4.38. The highest BCUT2D eigenvalue weighted by atomic mass is 16.4. The number of aryl methyl sites for hydroxylation is 1. The molecular weight excluding hydrogens is 284 g/mol. The van der Waals surface area contributed by atoms with Crippen molar-refractivity contribution < 1.29 is 19.5 Å². The Kier molecular flexibility index (Phi) is 3.83. The number of anilines is 1. The predicted octanol–water partition coefficient (Wildman–Crippen LogP) is 0.899. The summed E-state index contributed by atoms with van der Waals surface area (Å²) in [6.45, 7) is 0.666. The Morgan fingerprint density at radius 1 is 1.23 bits per heavy atom. The number of para-hydroxylation sites is 1. The summed E-state index contributed by atoms with van der Waals surface area (Å²) < 4.78 is 0. The third kappa shape index (κ3) is 2.68. The quantitative estimate of drug-likeness (QED) is 0.900. The zero-order valence-corrected chi connectivity index (χ0v) is 12.2. The third-order valence-corrected chi connectivity index (χ3v) is 4.38. The van der Waals surface area contributed by atoms with Crippen LogP contribution >= 0.6 is 0 Å². The van der Waals surface area contributed by atoms with Gasteiger partial charge in [0, 0.05) is 25.2 Å². The molecule has 0 radical (unpaired) electrons. The second kappa shape index (κ2) is 5.79. The van der Waals surface area contributed by atoms with Gasteiger partial charge in [0.2, 0.25) is 11.8 Å². The molecule has 0 aromatic heterocycles. The summed E-state index contributed by atoms with van der Waals surface area (Å²) in [5.74, 6) is -1.60. The van der Waals surface area contributed by atoms with Crippen LogP contribution in [0, 0.1) is 5.92 Å². The minimum Gasteiger partial charge on any atom is -0.481 e. The minimum absolute atomic E-state index is 0.0117. The van der Waals surface area contributed by atoms with E-state index >= 15 is 0 Å². The van der Waals surface area contributed by atoms with Crippen LogP contribution in [0.15, 0.2) is 24.3 Å². The van der Waals surface area contributed by atoms with Gasteiger partial charge in [-0.3, -0.25) is 14.4 Å². The van der Waals surface area contributed by atoms with E-state index < -0.39 is 11.9 Å². The summed E-state index contributed by atoms with van der Waals surface area (Å²) >= 11 is 0. The maximum Gasteiger partial charge on any atom is 0.308 e. The van der Waals surface area contributed by atoms with Crippen molar-refractivity contribution in [3.8, 4) is 0 Å². The smallest absolute Gasteiger partial charge is 0.308 e. The highest BCUT2D eigenvalue weighted by Gasteiger charge is 2.33.